The van der Waals surface area contributed by atoms with E-state index in [0.29, 0.717) is 17.0 Å². The lowest BCUT2D eigenvalue weighted by atomic mass is 10.0. The van der Waals surface area contributed by atoms with Crippen LogP contribution in [-0.2, 0) is 19.1 Å². The first-order valence-electron chi connectivity index (χ1n) is 6.08. The number of ketones is 1. The maximum atomic E-state index is 12.2. The predicted molar refractivity (Wildman–Crippen MR) is 76.2 cm³/mol. The zero-order chi connectivity index (χ0) is 14.9. The maximum absolute atomic E-state index is 12.2. The second-order valence-corrected chi connectivity index (χ2v) is 5.98. The van der Waals surface area contributed by atoms with Crippen LogP contribution in [-0.4, -0.2) is 45.7 Å². The van der Waals surface area contributed by atoms with Gasteiger partial charge >= 0.3 is 5.97 Å². The summed E-state index contributed by atoms with van der Waals surface area (Å²) in [6.45, 7) is 3.04. The molecule has 2 heterocycles. The van der Waals surface area contributed by atoms with Crippen LogP contribution in [0.3, 0.4) is 0 Å². The van der Waals surface area contributed by atoms with Gasteiger partial charge in [0.1, 0.15) is 17.4 Å². The topological polar surface area (TPSA) is 63.7 Å². The van der Waals surface area contributed by atoms with Crippen molar-refractivity contribution >= 4 is 41.0 Å². The molecule has 1 saturated heterocycles. The summed E-state index contributed by atoms with van der Waals surface area (Å²) in [5.74, 6) is -0.453. The number of halogens is 1. The minimum atomic E-state index is -0.594. The molecule has 0 N–H and O–H groups in total. The number of ether oxygens (including phenoxy) is 1. The van der Waals surface area contributed by atoms with Gasteiger partial charge in [0.15, 0.2) is 0 Å². The number of carbonyl (C=O) groups is 3. The monoisotopic (exact) mass is 315 g/mol. The van der Waals surface area contributed by atoms with Gasteiger partial charge in [-0.2, -0.15) is 0 Å². The van der Waals surface area contributed by atoms with Crippen LogP contribution in [0.4, 0.5) is 0 Å². The SMILES string of the molecule is C/C=C/C(=O)C1=C(COC(C)=O)CS[C@@H]2[C@@H](Cl)C(=O)N12. The maximum Gasteiger partial charge on any atom is 0.302 e. The second-order valence-electron chi connectivity index (χ2n) is 4.41. The van der Waals surface area contributed by atoms with Gasteiger partial charge in [-0.3, -0.25) is 19.3 Å². The molecule has 2 aliphatic rings. The van der Waals surface area contributed by atoms with Crippen LogP contribution in [0.25, 0.3) is 0 Å². The van der Waals surface area contributed by atoms with Crippen LogP contribution in [0, 0.1) is 0 Å². The van der Waals surface area contributed by atoms with Crippen molar-refractivity contribution in [2.45, 2.75) is 24.6 Å². The summed E-state index contributed by atoms with van der Waals surface area (Å²) >= 11 is 7.42. The lowest BCUT2D eigenvalue weighted by molar-refractivity contribution is -0.140. The Hall–Kier alpha value is -1.27. The first kappa shape index (κ1) is 15.1. The molecule has 0 aromatic rings. The van der Waals surface area contributed by atoms with Gasteiger partial charge < -0.3 is 4.74 Å². The molecule has 1 amide bonds. The Kier molecular flexibility index (Phi) is 4.55. The molecule has 0 aromatic carbocycles. The number of esters is 1. The smallest absolute Gasteiger partial charge is 0.302 e. The molecule has 0 aromatic heterocycles. The van der Waals surface area contributed by atoms with Crippen molar-refractivity contribution in [1.82, 2.24) is 4.90 Å². The number of rotatable bonds is 4. The molecule has 108 valence electrons. The molecule has 0 aliphatic carbocycles. The van der Waals surface area contributed by atoms with E-state index in [0.717, 1.165) is 0 Å². The molecule has 1 fully saturated rings. The number of fused-ring (bicyclic) bond motifs is 1. The van der Waals surface area contributed by atoms with E-state index in [1.54, 1.807) is 13.0 Å². The highest BCUT2D eigenvalue weighted by Gasteiger charge is 2.52. The molecule has 20 heavy (non-hydrogen) atoms. The molecule has 0 bridgehead atoms. The van der Waals surface area contributed by atoms with E-state index in [9.17, 15) is 14.4 Å². The molecule has 5 nitrogen and oxygen atoms in total. The van der Waals surface area contributed by atoms with E-state index < -0.39 is 11.3 Å². The zero-order valence-corrected chi connectivity index (χ0v) is 12.7. The zero-order valence-electron chi connectivity index (χ0n) is 11.1. The van der Waals surface area contributed by atoms with Crippen LogP contribution in [0.5, 0.6) is 0 Å². The third-order valence-electron chi connectivity index (χ3n) is 2.98. The number of thioether (sulfide) groups is 1. The standard InChI is InChI=1S/C13H14ClNO4S/c1-3-4-9(17)11-8(5-19-7(2)16)6-20-13-10(14)12(18)15(11)13/h3-4,10,13H,5-6H2,1-2H3/b4-3+/t10-,13+/m0/s1. The van der Waals surface area contributed by atoms with Crippen LogP contribution < -0.4 is 0 Å². The van der Waals surface area contributed by atoms with Crippen LogP contribution in [0.15, 0.2) is 23.4 Å². The van der Waals surface area contributed by atoms with E-state index in [4.69, 9.17) is 16.3 Å². The number of alkyl halides is 1. The molecule has 2 atom stereocenters. The summed E-state index contributed by atoms with van der Waals surface area (Å²) in [5.41, 5.74) is 0.941. The van der Waals surface area contributed by atoms with Crippen molar-refractivity contribution in [3.05, 3.63) is 23.4 Å². The van der Waals surface area contributed by atoms with Crippen LogP contribution in [0.2, 0.25) is 0 Å². The highest BCUT2D eigenvalue weighted by Crippen LogP contribution is 2.42. The Bertz CT molecular complexity index is 528. The summed E-state index contributed by atoms with van der Waals surface area (Å²) < 4.78 is 4.95. The van der Waals surface area contributed by atoms with Crippen molar-refractivity contribution in [2.24, 2.45) is 0 Å². The highest BCUT2D eigenvalue weighted by molar-refractivity contribution is 8.00. The van der Waals surface area contributed by atoms with Crippen LogP contribution >= 0.6 is 23.4 Å². The Morgan fingerprint density at radius 1 is 1.55 bits per heavy atom. The van der Waals surface area contributed by atoms with Gasteiger partial charge in [0.25, 0.3) is 0 Å². The summed E-state index contributed by atoms with van der Waals surface area (Å²) in [6.07, 6.45) is 3.00. The number of amides is 1. The quantitative estimate of drug-likeness (QED) is 0.340. The van der Waals surface area contributed by atoms with Gasteiger partial charge in [-0.25, -0.2) is 0 Å². The van der Waals surface area contributed by atoms with Crippen molar-refractivity contribution in [3.8, 4) is 0 Å². The lowest BCUT2D eigenvalue weighted by Gasteiger charge is -2.47. The van der Waals surface area contributed by atoms with Gasteiger partial charge in [0.05, 0.1) is 5.70 Å². The first-order valence-corrected chi connectivity index (χ1v) is 7.57. The third kappa shape index (κ3) is 2.62. The Balaban J connectivity index is 2.32. The van der Waals surface area contributed by atoms with Gasteiger partial charge in [-0.1, -0.05) is 6.08 Å². The number of allylic oxidation sites excluding steroid dienone is 2. The van der Waals surface area contributed by atoms with Gasteiger partial charge in [-0.15, -0.1) is 23.4 Å². The van der Waals surface area contributed by atoms with Crippen molar-refractivity contribution in [1.29, 1.82) is 0 Å². The molecular formula is C13H14ClNO4S. The fraction of sp³-hybridized carbons (Fsp3) is 0.462. The van der Waals surface area contributed by atoms with Crippen LogP contribution in [0.1, 0.15) is 13.8 Å². The van der Waals surface area contributed by atoms with Crippen molar-refractivity contribution in [3.63, 3.8) is 0 Å². The molecule has 0 saturated carbocycles. The summed E-state index contributed by atoms with van der Waals surface area (Å²) in [7, 11) is 0. The number of nitrogens with zero attached hydrogens (tertiary/aromatic N) is 1. The largest absolute Gasteiger partial charge is 0.461 e. The van der Waals surface area contributed by atoms with Gasteiger partial charge in [0, 0.05) is 18.2 Å². The summed E-state index contributed by atoms with van der Waals surface area (Å²) in [5, 5.41) is -0.807. The van der Waals surface area contributed by atoms with Crippen molar-refractivity contribution < 1.29 is 19.1 Å². The molecule has 0 radical (unpaired) electrons. The molecule has 2 aliphatic heterocycles. The Labute approximate surface area is 126 Å². The number of hydrogen-bond acceptors (Lipinski definition) is 5. The number of hydrogen-bond donors (Lipinski definition) is 0. The summed E-state index contributed by atoms with van der Waals surface area (Å²) in [6, 6.07) is 0. The Morgan fingerprint density at radius 2 is 2.25 bits per heavy atom. The van der Waals surface area contributed by atoms with Gasteiger partial charge in [0.2, 0.25) is 11.7 Å². The van der Waals surface area contributed by atoms with E-state index in [2.05, 4.69) is 0 Å². The minimum Gasteiger partial charge on any atom is -0.461 e. The predicted octanol–water partition coefficient (Wildman–Crippen LogP) is 1.47. The fourth-order valence-electron chi connectivity index (χ4n) is 2.07. The first-order chi connectivity index (χ1) is 9.47. The molecule has 2 rings (SSSR count). The van der Waals surface area contributed by atoms with E-state index in [1.807, 2.05) is 0 Å². The average molecular weight is 316 g/mol. The third-order valence-corrected chi connectivity index (χ3v) is 4.90. The number of carbonyl (C=O) groups excluding carboxylic acids is 3. The Morgan fingerprint density at radius 3 is 2.85 bits per heavy atom. The molecule has 0 spiro atoms. The second kappa shape index (κ2) is 6.01. The van der Waals surface area contributed by atoms with Crippen molar-refractivity contribution in [2.75, 3.05) is 12.4 Å². The van der Waals surface area contributed by atoms with E-state index >= 15 is 0 Å². The molecule has 7 heteroatoms. The molecule has 0 unspecified atom stereocenters. The normalized spacial score (nSPS) is 25.6. The minimum absolute atomic E-state index is 0.0183. The van der Waals surface area contributed by atoms with E-state index in [-0.39, 0.29) is 23.7 Å². The van der Waals surface area contributed by atoms with Gasteiger partial charge in [-0.05, 0) is 13.0 Å². The summed E-state index contributed by atoms with van der Waals surface area (Å²) in [4.78, 5) is 36.3. The number of β-lactam (4-membered cyclic amide) rings is 1. The average Bonchev–Trinajstić information content (AvgIpc) is 2.43. The highest BCUT2D eigenvalue weighted by atomic mass is 35.5. The fourth-order valence-corrected chi connectivity index (χ4v) is 3.74. The lowest BCUT2D eigenvalue weighted by Crippen LogP contribution is -2.62. The van der Waals surface area contributed by atoms with E-state index in [1.165, 1.54) is 29.7 Å². The molecular weight excluding hydrogens is 302 g/mol.